The van der Waals surface area contributed by atoms with Gasteiger partial charge in [0.1, 0.15) is 11.7 Å². The van der Waals surface area contributed by atoms with E-state index >= 15 is 0 Å². The SMILES string of the molecule is CC(C)(C)n1ncc2c(=O)n(Cc3ccc(F)c(F)c3)cnc21. The van der Waals surface area contributed by atoms with Gasteiger partial charge in [-0.25, -0.2) is 18.4 Å². The van der Waals surface area contributed by atoms with Crippen LogP contribution in [0.4, 0.5) is 8.78 Å². The molecule has 0 saturated heterocycles. The van der Waals surface area contributed by atoms with Gasteiger partial charge in [0, 0.05) is 0 Å². The van der Waals surface area contributed by atoms with Crippen LogP contribution in [0.15, 0.2) is 35.5 Å². The smallest absolute Gasteiger partial charge is 0.264 e. The minimum absolute atomic E-state index is 0.111. The maximum atomic E-state index is 13.3. The van der Waals surface area contributed by atoms with Gasteiger partial charge in [0.05, 0.1) is 18.3 Å². The molecule has 0 bridgehead atoms. The van der Waals surface area contributed by atoms with E-state index in [4.69, 9.17) is 0 Å². The molecule has 1 aromatic carbocycles. The van der Waals surface area contributed by atoms with E-state index in [2.05, 4.69) is 10.1 Å². The molecule has 0 saturated carbocycles. The van der Waals surface area contributed by atoms with Crippen molar-refractivity contribution >= 4 is 11.0 Å². The third-order valence-electron chi connectivity index (χ3n) is 3.53. The summed E-state index contributed by atoms with van der Waals surface area (Å²) in [4.78, 5) is 16.8. The molecule has 120 valence electrons. The highest BCUT2D eigenvalue weighted by Gasteiger charge is 2.19. The van der Waals surface area contributed by atoms with Crippen molar-refractivity contribution in [3.8, 4) is 0 Å². The first-order chi connectivity index (χ1) is 10.8. The Hall–Kier alpha value is -2.57. The normalized spacial score (nSPS) is 12.0. The molecular formula is C16H16F2N4O. The monoisotopic (exact) mass is 318 g/mol. The Balaban J connectivity index is 2.04. The second-order valence-corrected chi connectivity index (χ2v) is 6.39. The summed E-state index contributed by atoms with van der Waals surface area (Å²) >= 11 is 0. The molecule has 0 radical (unpaired) electrons. The summed E-state index contributed by atoms with van der Waals surface area (Å²) in [5, 5.41) is 4.63. The molecule has 7 heteroatoms. The maximum Gasteiger partial charge on any atom is 0.264 e. The van der Waals surface area contributed by atoms with Crippen LogP contribution in [0.5, 0.6) is 0 Å². The zero-order valence-corrected chi connectivity index (χ0v) is 13.0. The predicted octanol–water partition coefficient (Wildman–Crippen LogP) is 2.67. The molecule has 0 spiro atoms. The van der Waals surface area contributed by atoms with Crippen molar-refractivity contribution in [3.63, 3.8) is 0 Å². The van der Waals surface area contributed by atoms with E-state index in [1.54, 1.807) is 4.68 Å². The van der Waals surface area contributed by atoms with Crippen LogP contribution >= 0.6 is 0 Å². The summed E-state index contributed by atoms with van der Waals surface area (Å²) < 4.78 is 29.3. The minimum atomic E-state index is -0.940. The number of benzene rings is 1. The first-order valence-corrected chi connectivity index (χ1v) is 7.15. The number of fused-ring (bicyclic) bond motifs is 1. The number of aromatic nitrogens is 4. The van der Waals surface area contributed by atoms with Crippen molar-refractivity contribution in [3.05, 3.63) is 58.3 Å². The van der Waals surface area contributed by atoms with E-state index in [1.807, 2.05) is 20.8 Å². The molecule has 0 amide bonds. The molecule has 0 N–H and O–H groups in total. The van der Waals surface area contributed by atoms with Crippen LogP contribution in [-0.4, -0.2) is 19.3 Å². The first-order valence-electron chi connectivity index (χ1n) is 7.15. The standard InChI is InChI=1S/C16H16F2N4O/c1-16(2,3)22-14-11(7-20-22)15(23)21(9-19-14)8-10-4-5-12(17)13(18)6-10/h4-7,9H,8H2,1-3H3. The lowest BCUT2D eigenvalue weighted by molar-refractivity contribution is 0.365. The highest BCUT2D eigenvalue weighted by molar-refractivity contribution is 5.73. The molecule has 0 unspecified atom stereocenters. The van der Waals surface area contributed by atoms with Crippen molar-refractivity contribution in [2.24, 2.45) is 0 Å². The van der Waals surface area contributed by atoms with Crippen molar-refractivity contribution in [1.29, 1.82) is 0 Å². The van der Waals surface area contributed by atoms with E-state index in [1.165, 1.54) is 23.2 Å². The van der Waals surface area contributed by atoms with Gasteiger partial charge in [0.15, 0.2) is 17.3 Å². The Morgan fingerprint density at radius 3 is 2.57 bits per heavy atom. The number of rotatable bonds is 2. The molecule has 3 rings (SSSR count). The molecule has 0 fully saturated rings. The molecule has 2 aromatic heterocycles. The zero-order chi connectivity index (χ0) is 16.8. The molecule has 0 aliphatic carbocycles. The minimum Gasteiger partial charge on any atom is -0.294 e. The summed E-state index contributed by atoms with van der Waals surface area (Å²) in [6.07, 6.45) is 2.88. The fraction of sp³-hybridized carbons (Fsp3) is 0.312. The topological polar surface area (TPSA) is 52.7 Å². The Bertz CT molecular complexity index is 937. The van der Waals surface area contributed by atoms with E-state index < -0.39 is 11.6 Å². The van der Waals surface area contributed by atoms with Crippen LogP contribution in [0.3, 0.4) is 0 Å². The summed E-state index contributed by atoms with van der Waals surface area (Å²) in [6.45, 7) is 6.01. The predicted molar refractivity (Wildman–Crippen MR) is 82.2 cm³/mol. The number of halogens is 2. The lowest BCUT2D eigenvalue weighted by atomic mass is 10.1. The maximum absolute atomic E-state index is 13.3. The van der Waals surface area contributed by atoms with Crippen molar-refractivity contribution < 1.29 is 8.78 Å². The van der Waals surface area contributed by atoms with Crippen molar-refractivity contribution in [2.45, 2.75) is 32.9 Å². The Kier molecular flexibility index (Phi) is 3.50. The molecule has 2 heterocycles. The largest absolute Gasteiger partial charge is 0.294 e. The fourth-order valence-corrected chi connectivity index (χ4v) is 2.39. The lowest BCUT2D eigenvalue weighted by Crippen LogP contribution is -2.25. The Morgan fingerprint density at radius 1 is 1.17 bits per heavy atom. The third-order valence-corrected chi connectivity index (χ3v) is 3.53. The average Bonchev–Trinajstić information content (AvgIpc) is 2.90. The molecular weight excluding hydrogens is 302 g/mol. The van der Waals surface area contributed by atoms with Crippen LogP contribution in [0.1, 0.15) is 26.3 Å². The first kappa shape index (κ1) is 15.3. The van der Waals surface area contributed by atoms with Gasteiger partial charge in [-0.2, -0.15) is 5.10 Å². The number of hydrogen-bond donors (Lipinski definition) is 0. The number of hydrogen-bond acceptors (Lipinski definition) is 3. The fourth-order valence-electron chi connectivity index (χ4n) is 2.39. The van der Waals surface area contributed by atoms with Crippen LogP contribution in [0.2, 0.25) is 0 Å². The molecule has 0 atom stereocenters. The van der Waals surface area contributed by atoms with Gasteiger partial charge in [-0.15, -0.1) is 0 Å². The number of nitrogens with zero attached hydrogens (tertiary/aromatic N) is 4. The van der Waals surface area contributed by atoms with Crippen molar-refractivity contribution in [2.75, 3.05) is 0 Å². The van der Waals surface area contributed by atoms with E-state index in [0.717, 1.165) is 12.1 Å². The van der Waals surface area contributed by atoms with Crippen LogP contribution in [0.25, 0.3) is 11.0 Å². The van der Waals surface area contributed by atoms with Gasteiger partial charge < -0.3 is 0 Å². The Morgan fingerprint density at radius 2 is 1.91 bits per heavy atom. The third kappa shape index (κ3) is 2.74. The summed E-state index contributed by atoms with van der Waals surface area (Å²) in [5.41, 5.74) is 0.419. The molecule has 0 aliphatic heterocycles. The van der Waals surface area contributed by atoms with Gasteiger partial charge >= 0.3 is 0 Å². The second kappa shape index (κ2) is 5.26. The molecule has 5 nitrogen and oxygen atoms in total. The highest BCUT2D eigenvalue weighted by atomic mass is 19.2. The van der Waals surface area contributed by atoms with Crippen LogP contribution in [-0.2, 0) is 12.1 Å². The van der Waals surface area contributed by atoms with Gasteiger partial charge in [0.25, 0.3) is 5.56 Å². The van der Waals surface area contributed by atoms with Gasteiger partial charge in [-0.1, -0.05) is 6.07 Å². The van der Waals surface area contributed by atoms with Crippen LogP contribution in [0, 0.1) is 11.6 Å². The van der Waals surface area contributed by atoms with E-state index in [-0.39, 0.29) is 17.6 Å². The van der Waals surface area contributed by atoms with Gasteiger partial charge in [-0.05, 0) is 38.5 Å². The van der Waals surface area contributed by atoms with Crippen molar-refractivity contribution in [1.82, 2.24) is 19.3 Å². The quantitative estimate of drug-likeness (QED) is 0.730. The van der Waals surface area contributed by atoms with Gasteiger partial charge in [0.2, 0.25) is 0 Å². The zero-order valence-electron chi connectivity index (χ0n) is 13.0. The lowest BCUT2D eigenvalue weighted by Gasteiger charge is -2.19. The molecule has 0 aliphatic rings. The van der Waals surface area contributed by atoms with E-state index in [0.29, 0.717) is 16.6 Å². The van der Waals surface area contributed by atoms with Gasteiger partial charge in [-0.3, -0.25) is 9.36 Å². The van der Waals surface area contributed by atoms with E-state index in [9.17, 15) is 13.6 Å². The molecule has 3 aromatic rings. The highest BCUT2D eigenvalue weighted by Crippen LogP contribution is 2.18. The molecule has 23 heavy (non-hydrogen) atoms. The summed E-state index contributed by atoms with van der Waals surface area (Å²) in [7, 11) is 0. The van der Waals surface area contributed by atoms with Crippen LogP contribution < -0.4 is 5.56 Å². The second-order valence-electron chi connectivity index (χ2n) is 6.39. The summed E-state index contributed by atoms with van der Waals surface area (Å²) in [6, 6.07) is 3.55. The average molecular weight is 318 g/mol. The summed E-state index contributed by atoms with van der Waals surface area (Å²) in [5.74, 6) is -1.86. The Labute approximate surface area is 131 Å².